The van der Waals surface area contributed by atoms with Crippen molar-refractivity contribution >= 4 is 28.6 Å². The van der Waals surface area contributed by atoms with Crippen LogP contribution in [0.4, 0.5) is 8.78 Å². The second-order valence-corrected chi connectivity index (χ2v) is 4.07. The van der Waals surface area contributed by atoms with Gasteiger partial charge in [-0.3, -0.25) is 4.68 Å². The highest BCUT2D eigenvalue weighted by Crippen LogP contribution is 2.24. The zero-order valence-corrected chi connectivity index (χ0v) is 9.98. The number of carbonyl (C=O) groups is 1. The van der Waals surface area contributed by atoms with Crippen LogP contribution in [-0.2, 0) is 4.79 Å². The quantitative estimate of drug-likeness (QED) is 0.863. The predicted octanol–water partition coefficient (Wildman–Crippen LogP) is 2.46. The van der Waals surface area contributed by atoms with Gasteiger partial charge >= 0.3 is 5.97 Å². The van der Waals surface area contributed by atoms with Crippen LogP contribution in [0.5, 0.6) is 0 Å². The van der Waals surface area contributed by atoms with Crippen LogP contribution in [0, 0.1) is 3.57 Å². The van der Waals surface area contributed by atoms with Crippen molar-refractivity contribution in [3.63, 3.8) is 0 Å². The Morgan fingerprint density at radius 3 is 2.67 bits per heavy atom. The summed E-state index contributed by atoms with van der Waals surface area (Å²) in [6.07, 6.45) is -1.05. The molecule has 1 rings (SSSR count). The van der Waals surface area contributed by atoms with Gasteiger partial charge in [0.2, 0.25) is 0 Å². The van der Waals surface area contributed by atoms with Gasteiger partial charge in [-0.1, -0.05) is 6.92 Å². The first-order valence-electron chi connectivity index (χ1n) is 4.22. The van der Waals surface area contributed by atoms with Crippen molar-refractivity contribution in [2.24, 2.45) is 0 Å². The number of nitrogens with zero attached hydrogens (tertiary/aromatic N) is 2. The van der Waals surface area contributed by atoms with Gasteiger partial charge in [-0.2, -0.15) is 5.10 Å². The molecule has 0 aliphatic rings. The molecule has 0 spiro atoms. The van der Waals surface area contributed by atoms with Crippen molar-refractivity contribution in [2.45, 2.75) is 25.8 Å². The molecule has 84 valence electrons. The molecule has 0 aliphatic heterocycles. The molecule has 15 heavy (non-hydrogen) atoms. The van der Waals surface area contributed by atoms with E-state index in [4.69, 9.17) is 5.11 Å². The Bertz CT molecular complexity index is 368. The molecule has 1 atom stereocenters. The minimum absolute atomic E-state index is 0.280. The van der Waals surface area contributed by atoms with Crippen molar-refractivity contribution in [1.29, 1.82) is 0 Å². The zero-order valence-electron chi connectivity index (χ0n) is 7.82. The molecule has 1 aromatic heterocycles. The molecular formula is C8H9F2IN2O2. The Morgan fingerprint density at radius 1 is 1.73 bits per heavy atom. The summed E-state index contributed by atoms with van der Waals surface area (Å²) in [5.41, 5.74) is -0.365. The highest BCUT2D eigenvalue weighted by atomic mass is 127. The summed E-state index contributed by atoms with van der Waals surface area (Å²) in [5, 5.41) is 12.4. The van der Waals surface area contributed by atoms with E-state index in [0.29, 0.717) is 6.42 Å². The minimum Gasteiger partial charge on any atom is -0.480 e. The van der Waals surface area contributed by atoms with Crippen molar-refractivity contribution in [3.05, 3.63) is 15.5 Å². The van der Waals surface area contributed by atoms with Gasteiger partial charge in [0.1, 0.15) is 11.7 Å². The van der Waals surface area contributed by atoms with Crippen LogP contribution in [0.25, 0.3) is 0 Å². The summed E-state index contributed by atoms with van der Waals surface area (Å²) < 4.78 is 26.1. The molecule has 0 unspecified atom stereocenters. The number of aromatic nitrogens is 2. The maximum atomic E-state index is 12.4. The van der Waals surface area contributed by atoms with Crippen LogP contribution >= 0.6 is 22.6 Å². The van der Waals surface area contributed by atoms with Crippen molar-refractivity contribution in [2.75, 3.05) is 0 Å². The lowest BCUT2D eigenvalue weighted by atomic mass is 10.2. The van der Waals surface area contributed by atoms with Crippen LogP contribution in [0.15, 0.2) is 6.20 Å². The van der Waals surface area contributed by atoms with Crippen molar-refractivity contribution in [1.82, 2.24) is 9.78 Å². The first kappa shape index (κ1) is 12.3. The number of carboxylic acid groups (broad SMARTS) is 1. The lowest BCUT2D eigenvalue weighted by Gasteiger charge is -2.09. The second kappa shape index (κ2) is 4.86. The summed E-state index contributed by atoms with van der Waals surface area (Å²) in [7, 11) is 0. The monoisotopic (exact) mass is 330 g/mol. The minimum atomic E-state index is -2.68. The molecule has 1 N–H and O–H groups in total. The molecule has 7 heteroatoms. The third-order valence-electron chi connectivity index (χ3n) is 1.91. The maximum Gasteiger partial charge on any atom is 0.328 e. The summed E-state index contributed by atoms with van der Waals surface area (Å²) in [6.45, 7) is 1.66. The van der Waals surface area contributed by atoms with Gasteiger partial charge in [0.05, 0.1) is 3.57 Å². The van der Waals surface area contributed by atoms with Crippen LogP contribution in [0.2, 0.25) is 0 Å². The summed E-state index contributed by atoms with van der Waals surface area (Å²) in [5.74, 6) is -1.07. The van der Waals surface area contributed by atoms with Gasteiger partial charge in [-0.25, -0.2) is 13.6 Å². The largest absolute Gasteiger partial charge is 0.480 e. The molecule has 0 amide bonds. The highest BCUT2D eigenvalue weighted by Gasteiger charge is 2.23. The normalized spacial score (nSPS) is 13.1. The third kappa shape index (κ3) is 2.64. The van der Waals surface area contributed by atoms with Crippen molar-refractivity contribution in [3.8, 4) is 0 Å². The number of halogens is 3. The lowest BCUT2D eigenvalue weighted by Crippen LogP contribution is -2.18. The Kier molecular flexibility index (Phi) is 4.00. The van der Waals surface area contributed by atoms with Gasteiger partial charge in [-0.05, 0) is 29.0 Å². The molecule has 1 heterocycles. The third-order valence-corrected chi connectivity index (χ3v) is 2.74. The van der Waals surface area contributed by atoms with Crippen molar-refractivity contribution < 1.29 is 18.7 Å². The fourth-order valence-corrected chi connectivity index (χ4v) is 1.79. The summed E-state index contributed by atoms with van der Waals surface area (Å²) in [4.78, 5) is 10.8. The number of hydrogen-bond donors (Lipinski definition) is 1. The molecule has 4 nitrogen and oxygen atoms in total. The van der Waals surface area contributed by atoms with E-state index in [2.05, 4.69) is 5.10 Å². The fraction of sp³-hybridized carbons (Fsp3) is 0.500. The molecule has 0 fully saturated rings. The number of aliphatic carboxylic acids is 1. The number of rotatable bonds is 4. The average molecular weight is 330 g/mol. The van der Waals surface area contributed by atoms with E-state index in [0.717, 1.165) is 4.68 Å². The van der Waals surface area contributed by atoms with Crippen LogP contribution in [-0.4, -0.2) is 20.9 Å². The molecule has 0 bridgehead atoms. The van der Waals surface area contributed by atoms with Crippen LogP contribution < -0.4 is 0 Å². The molecular weight excluding hydrogens is 321 g/mol. The highest BCUT2D eigenvalue weighted by molar-refractivity contribution is 14.1. The van der Waals surface area contributed by atoms with Crippen LogP contribution in [0.1, 0.15) is 31.5 Å². The number of carboxylic acids is 1. The van der Waals surface area contributed by atoms with E-state index in [1.54, 1.807) is 29.5 Å². The topological polar surface area (TPSA) is 55.1 Å². The molecule has 0 aliphatic carbocycles. The Hall–Kier alpha value is -0.730. The zero-order chi connectivity index (χ0) is 11.6. The van der Waals surface area contributed by atoms with E-state index in [-0.39, 0.29) is 9.26 Å². The Labute approximate surface area is 98.4 Å². The molecule has 0 saturated heterocycles. The summed E-state index contributed by atoms with van der Waals surface area (Å²) in [6, 6.07) is -0.883. The van der Waals surface area contributed by atoms with E-state index < -0.39 is 18.4 Å². The predicted molar refractivity (Wildman–Crippen MR) is 56.9 cm³/mol. The van der Waals surface area contributed by atoms with Gasteiger partial charge < -0.3 is 5.11 Å². The van der Waals surface area contributed by atoms with Gasteiger partial charge in [0.15, 0.2) is 0 Å². The number of hydrogen-bond acceptors (Lipinski definition) is 2. The molecule has 0 aromatic carbocycles. The smallest absolute Gasteiger partial charge is 0.328 e. The lowest BCUT2D eigenvalue weighted by molar-refractivity contribution is -0.141. The fourth-order valence-electron chi connectivity index (χ4n) is 1.17. The van der Waals surface area contributed by atoms with Gasteiger partial charge in [0, 0.05) is 6.20 Å². The summed E-state index contributed by atoms with van der Waals surface area (Å²) >= 11 is 1.71. The molecule has 0 saturated carbocycles. The van der Waals surface area contributed by atoms with E-state index in [1.807, 2.05) is 0 Å². The Balaban J connectivity index is 3.05. The molecule has 1 aromatic rings. The first-order valence-corrected chi connectivity index (χ1v) is 5.30. The van der Waals surface area contributed by atoms with E-state index in [1.165, 1.54) is 6.20 Å². The SMILES string of the molecule is CC[C@@H](C(=O)O)n1cc(I)c(C(F)F)n1. The van der Waals surface area contributed by atoms with Crippen LogP contribution in [0.3, 0.4) is 0 Å². The molecule has 0 radical (unpaired) electrons. The van der Waals surface area contributed by atoms with E-state index in [9.17, 15) is 13.6 Å². The first-order chi connectivity index (χ1) is 6.97. The van der Waals surface area contributed by atoms with Gasteiger partial charge in [0.25, 0.3) is 6.43 Å². The van der Waals surface area contributed by atoms with E-state index >= 15 is 0 Å². The average Bonchev–Trinajstić information content (AvgIpc) is 2.48. The number of alkyl halides is 2. The second-order valence-electron chi connectivity index (χ2n) is 2.91. The maximum absolute atomic E-state index is 12.4. The Morgan fingerprint density at radius 2 is 2.33 bits per heavy atom. The standard InChI is InChI=1S/C8H9F2IN2O2/c1-2-5(8(14)15)13-3-4(11)6(12-13)7(9)10/h3,5,7H,2H2,1H3,(H,14,15)/t5-/m0/s1. The van der Waals surface area contributed by atoms with Gasteiger partial charge in [-0.15, -0.1) is 0 Å².